The summed E-state index contributed by atoms with van der Waals surface area (Å²) in [6, 6.07) is -1.02. The number of hydrazine groups is 1. The Balaban J connectivity index is 1.80. The third-order valence-corrected chi connectivity index (χ3v) is 5.72. The molecular formula is C23H47N5O3. The standard InChI is InChI=1S/C23H47N5O3/c1-3-4-5-6-7-8-9-10-11-12-13-14-15-16-17-18-19-31-20-25-28-21(24-2)26-22(29)27-23(28)30/h21,24-25H,3-20H2,1-2H3,(H2,26,27,29,30). The molecule has 1 heterocycles. The van der Waals surface area contributed by atoms with Crippen molar-refractivity contribution in [1.82, 2.24) is 26.4 Å². The molecule has 182 valence electrons. The zero-order valence-electron chi connectivity index (χ0n) is 20.0. The number of nitrogens with one attached hydrogen (secondary N) is 4. The van der Waals surface area contributed by atoms with Crippen molar-refractivity contribution in [3.8, 4) is 0 Å². The molecule has 1 atom stereocenters. The fourth-order valence-corrected chi connectivity index (χ4v) is 3.80. The van der Waals surface area contributed by atoms with Crippen molar-refractivity contribution in [2.45, 2.75) is 116 Å². The number of imide groups is 1. The molecule has 0 saturated carbocycles. The van der Waals surface area contributed by atoms with Crippen LogP contribution in [0.1, 0.15) is 110 Å². The van der Waals surface area contributed by atoms with E-state index in [1.54, 1.807) is 7.05 Å². The lowest BCUT2D eigenvalue weighted by Gasteiger charge is -2.35. The molecule has 0 aromatic carbocycles. The van der Waals surface area contributed by atoms with Gasteiger partial charge in [-0.05, 0) is 13.5 Å². The molecule has 8 heteroatoms. The van der Waals surface area contributed by atoms with Crippen LogP contribution in [0.15, 0.2) is 0 Å². The van der Waals surface area contributed by atoms with Crippen molar-refractivity contribution in [3.63, 3.8) is 0 Å². The zero-order chi connectivity index (χ0) is 22.6. The van der Waals surface area contributed by atoms with Gasteiger partial charge >= 0.3 is 12.1 Å². The number of carbonyl (C=O) groups excluding carboxylic acids is 2. The van der Waals surface area contributed by atoms with Crippen molar-refractivity contribution in [2.24, 2.45) is 0 Å². The van der Waals surface area contributed by atoms with Crippen LogP contribution in [0.2, 0.25) is 0 Å². The second kappa shape index (κ2) is 19.3. The Hall–Kier alpha value is -1.38. The highest BCUT2D eigenvalue weighted by Gasteiger charge is 2.30. The minimum atomic E-state index is -0.597. The van der Waals surface area contributed by atoms with Gasteiger partial charge in [0.15, 0.2) is 6.29 Å². The fraction of sp³-hybridized carbons (Fsp3) is 0.913. The number of hydrogen-bond acceptors (Lipinski definition) is 5. The first kappa shape index (κ1) is 27.7. The molecule has 1 fully saturated rings. The van der Waals surface area contributed by atoms with Crippen LogP contribution < -0.4 is 21.4 Å². The van der Waals surface area contributed by atoms with E-state index in [9.17, 15) is 9.59 Å². The molecular weight excluding hydrogens is 394 g/mol. The quantitative estimate of drug-likeness (QED) is 0.149. The maximum absolute atomic E-state index is 11.8. The van der Waals surface area contributed by atoms with Gasteiger partial charge in [-0.15, -0.1) is 0 Å². The molecule has 8 nitrogen and oxygen atoms in total. The summed E-state index contributed by atoms with van der Waals surface area (Å²) in [5.41, 5.74) is 2.87. The highest BCUT2D eigenvalue weighted by Crippen LogP contribution is 2.13. The van der Waals surface area contributed by atoms with Gasteiger partial charge in [0.05, 0.1) is 0 Å². The van der Waals surface area contributed by atoms with E-state index in [0.29, 0.717) is 6.61 Å². The Kier molecular flexibility index (Phi) is 17.2. The summed E-state index contributed by atoms with van der Waals surface area (Å²) in [5.74, 6) is 0. The fourth-order valence-electron chi connectivity index (χ4n) is 3.80. The lowest BCUT2D eigenvalue weighted by atomic mass is 10.0. The number of carbonyl (C=O) groups is 2. The summed E-state index contributed by atoms with van der Waals surface area (Å²) in [6.07, 6.45) is 21.0. The predicted octanol–water partition coefficient (Wildman–Crippen LogP) is 4.96. The van der Waals surface area contributed by atoms with Crippen molar-refractivity contribution < 1.29 is 14.3 Å². The lowest BCUT2D eigenvalue weighted by molar-refractivity contribution is 0.0283. The van der Waals surface area contributed by atoms with E-state index >= 15 is 0 Å². The van der Waals surface area contributed by atoms with E-state index in [-0.39, 0.29) is 6.73 Å². The lowest BCUT2D eigenvalue weighted by Crippen LogP contribution is -2.71. The average Bonchev–Trinajstić information content (AvgIpc) is 2.76. The summed E-state index contributed by atoms with van der Waals surface area (Å²) in [6.45, 7) is 3.16. The van der Waals surface area contributed by atoms with Crippen LogP contribution >= 0.6 is 0 Å². The number of amides is 4. The van der Waals surface area contributed by atoms with Gasteiger partial charge in [0.1, 0.15) is 6.73 Å². The summed E-state index contributed by atoms with van der Waals surface area (Å²) in [7, 11) is 1.66. The van der Waals surface area contributed by atoms with Gasteiger partial charge in [-0.1, -0.05) is 103 Å². The molecule has 1 aliphatic heterocycles. The van der Waals surface area contributed by atoms with Crippen molar-refractivity contribution in [3.05, 3.63) is 0 Å². The van der Waals surface area contributed by atoms with Gasteiger partial charge in [0, 0.05) is 6.61 Å². The van der Waals surface area contributed by atoms with Crippen LogP contribution in [0.25, 0.3) is 0 Å². The van der Waals surface area contributed by atoms with Crippen LogP contribution in [0.4, 0.5) is 9.59 Å². The maximum Gasteiger partial charge on any atom is 0.342 e. The number of hydrogen-bond donors (Lipinski definition) is 4. The summed E-state index contributed by atoms with van der Waals surface area (Å²) >= 11 is 0. The number of ether oxygens (including phenoxy) is 1. The second-order valence-corrected chi connectivity index (χ2v) is 8.48. The molecule has 31 heavy (non-hydrogen) atoms. The molecule has 1 unspecified atom stereocenters. The SMILES string of the molecule is CCCCCCCCCCCCCCCCCCOCNN1C(=O)NC(=O)NC1NC. The van der Waals surface area contributed by atoms with E-state index in [2.05, 4.69) is 28.3 Å². The molecule has 1 saturated heterocycles. The van der Waals surface area contributed by atoms with Crippen LogP contribution in [-0.2, 0) is 4.74 Å². The Labute approximate surface area is 189 Å². The third kappa shape index (κ3) is 14.3. The Morgan fingerprint density at radius 3 is 1.77 bits per heavy atom. The molecule has 0 aromatic heterocycles. The summed E-state index contributed by atoms with van der Waals surface area (Å²) in [5, 5.41) is 8.88. The summed E-state index contributed by atoms with van der Waals surface area (Å²) in [4.78, 5) is 23.1. The minimum absolute atomic E-state index is 0.222. The first-order valence-electron chi connectivity index (χ1n) is 12.6. The first-order valence-corrected chi connectivity index (χ1v) is 12.6. The van der Waals surface area contributed by atoms with Crippen LogP contribution in [0, 0.1) is 0 Å². The number of rotatable bonds is 21. The van der Waals surface area contributed by atoms with Crippen molar-refractivity contribution in [2.75, 3.05) is 20.4 Å². The first-order chi connectivity index (χ1) is 15.2. The molecule has 0 aromatic rings. The van der Waals surface area contributed by atoms with Crippen LogP contribution in [0.5, 0.6) is 0 Å². The van der Waals surface area contributed by atoms with E-state index < -0.39 is 18.4 Å². The normalized spacial score (nSPS) is 16.5. The smallest absolute Gasteiger partial charge is 0.342 e. The van der Waals surface area contributed by atoms with E-state index in [0.717, 1.165) is 6.42 Å². The highest BCUT2D eigenvalue weighted by molar-refractivity contribution is 5.95. The van der Waals surface area contributed by atoms with Crippen LogP contribution in [0.3, 0.4) is 0 Å². The van der Waals surface area contributed by atoms with Gasteiger partial charge in [-0.25, -0.2) is 20.0 Å². The predicted molar refractivity (Wildman–Crippen MR) is 125 cm³/mol. The van der Waals surface area contributed by atoms with Crippen molar-refractivity contribution >= 4 is 12.1 Å². The van der Waals surface area contributed by atoms with Gasteiger partial charge < -0.3 is 10.1 Å². The summed E-state index contributed by atoms with van der Waals surface area (Å²) < 4.78 is 5.55. The van der Waals surface area contributed by atoms with Gasteiger partial charge in [0.2, 0.25) is 0 Å². The Morgan fingerprint density at radius 2 is 1.29 bits per heavy atom. The number of nitrogens with zero attached hydrogens (tertiary/aromatic N) is 1. The van der Waals surface area contributed by atoms with Gasteiger partial charge in [-0.2, -0.15) is 0 Å². The molecule has 0 aliphatic carbocycles. The minimum Gasteiger partial charge on any atom is -0.365 e. The average molecular weight is 442 g/mol. The molecule has 0 spiro atoms. The molecule has 1 aliphatic rings. The van der Waals surface area contributed by atoms with E-state index in [4.69, 9.17) is 4.74 Å². The molecule has 1 rings (SSSR count). The van der Waals surface area contributed by atoms with E-state index in [1.165, 1.54) is 101 Å². The Bertz CT molecular complexity index is 464. The largest absolute Gasteiger partial charge is 0.365 e. The number of urea groups is 2. The van der Waals surface area contributed by atoms with Gasteiger partial charge in [0.25, 0.3) is 0 Å². The van der Waals surface area contributed by atoms with Crippen LogP contribution in [-0.4, -0.2) is 43.7 Å². The Morgan fingerprint density at radius 1 is 0.806 bits per heavy atom. The zero-order valence-corrected chi connectivity index (χ0v) is 20.0. The second-order valence-electron chi connectivity index (χ2n) is 8.48. The molecule has 4 amide bonds. The molecule has 0 radical (unpaired) electrons. The topological polar surface area (TPSA) is 94.7 Å². The molecule has 4 N–H and O–H groups in total. The highest BCUT2D eigenvalue weighted by atomic mass is 16.5. The third-order valence-electron chi connectivity index (χ3n) is 5.72. The monoisotopic (exact) mass is 441 g/mol. The van der Waals surface area contributed by atoms with Gasteiger partial charge in [-0.3, -0.25) is 10.6 Å². The number of unbranched alkanes of at least 4 members (excludes halogenated alkanes) is 15. The molecule has 0 bridgehead atoms. The van der Waals surface area contributed by atoms with E-state index in [1.807, 2.05) is 0 Å². The maximum atomic E-state index is 11.8. The van der Waals surface area contributed by atoms with Crippen molar-refractivity contribution in [1.29, 1.82) is 0 Å².